The van der Waals surface area contributed by atoms with Crippen LogP contribution in [0, 0.1) is 19.8 Å². The first-order chi connectivity index (χ1) is 12.0. The number of carbonyl (C=O) groups is 1. The number of nitrogens with one attached hydrogen (secondary N) is 1. The maximum absolute atomic E-state index is 12.5. The lowest BCUT2D eigenvalue weighted by Crippen LogP contribution is -2.32. The van der Waals surface area contributed by atoms with Crippen molar-refractivity contribution in [2.24, 2.45) is 5.92 Å². The Morgan fingerprint density at radius 3 is 2.44 bits per heavy atom. The molecule has 134 valence electrons. The average molecular weight is 341 g/mol. The molecule has 1 amide bonds. The van der Waals surface area contributed by atoms with Crippen LogP contribution in [0.5, 0.6) is 0 Å². The molecule has 5 nitrogen and oxygen atoms in total. The number of carbonyl (C=O) groups excluding carboxylic acids is 1. The summed E-state index contributed by atoms with van der Waals surface area (Å²) in [6, 6.07) is 8.13. The molecule has 1 saturated heterocycles. The lowest BCUT2D eigenvalue weighted by atomic mass is 9.98. The molecule has 1 aliphatic heterocycles. The molecule has 3 rings (SSSR count). The summed E-state index contributed by atoms with van der Waals surface area (Å²) >= 11 is 0. The third-order valence-electron chi connectivity index (χ3n) is 5.20. The normalized spacial score (nSPS) is 16.7. The van der Waals surface area contributed by atoms with Crippen LogP contribution in [0.15, 0.2) is 28.8 Å². The summed E-state index contributed by atoms with van der Waals surface area (Å²) < 4.78 is 5.17. The number of anilines is 2. The number of hydrogen-bond acceptors (Lipinski definition) is 4. The van der Waals surface area contributed by atoms with Crippen LogP contribution >= 0.6 is 0 Å². The van der Waals surface area contributed by atoms with Crippen molar-refractivity contribution in [3.8, 4) is 0 Å². The molecule has 1 N–H and O–H groups in total. The molecule has 0 saturated carbocycles. The van der Waals surface area contributed by atoms with E-state index in [1.165, 1.54) is 18.5 Å². The van der Waals surface area contributed by atoms with Gasteiger partial charge < -0.3 is 14.7 Å². The number of rotatable bonds is 4. The molecule has 1 aromatic heterocycles. The van der Waals surface area contributed by atoms with Crippen molar-refractivity contribution in [2.75, 3.05) is 23.3 Å². The third kappa shape index (κ3) is 3.86. The van der Waals surface area contributed by atoms with Gasteiger partial charge in [0.2, 0.25) is 5.91 Å². The Balaban J connectivity index is 1.64. The number of piperidine rings is 1. The van der Waals surface area contributed by atoms with Gasteiger partial charge in [-0.1, -0.05) is 12.1 Å². The number of hydrogen-bond donors (Lipinski definition) is 1. The summed E-state index contributed by atoms with van der Waals surface area (Å²) in [6.45, 7) is 10.1. The molecule has 2 heterocycles. The third-order valence-corrected chi connectivity index (χ3v) is 5.20. The molecule has 0 unspecified atom stereocenters. The van der Waals surface area contributed by atoms with Gasteiger partial charge in [0.05, 0.1) is 11.6 Å². The molecule has 1 aromatic carbocycles. The minimum absolute atomic E-state index is 0.0473. The van der Waals surface area contributed by atoms with Crippen LogP contribution in [0.1, 0.15) is 49.6 Å². The van der Waals surface area contributed by atoms with Gasteiger partial charge in [0, 0.05) is 30.0 Å². The molecule has 0 aliphatic carbocycles. The van der Waals surface area contributed by atoms with Crippen molar-refractivity contribution < 1.29 is 9.32 Å². The van der Waals surface area contributed by atoms with Crippen molar-refractivity contribution in [3.05, 3.63) is 41.3 Å². The maximum Gasteiger partial charge on any atom is 0.231 e. The van der Waals surface area contributed by atoms with Crippen molar-refractivity contribution >= 4 is 17.3 Å². The zero-order valence-corrected chi connectivity index (χ0v) is 15.5. The van der Waals surface area contributed by atoms with Crippen LogP contribution in [-0.4, -0.2) is 24.2 Å². The quantitative estimate of drug-likeness (QED) is 0.902. The highest BCUT2D eigenvalue weighted by atomic mass is 16.5. The fraction of sp³-hybridized carbons (Fsp3) is 0.500. The van der Waals surface area contributed by atoms with Crippen LogP contribution in [0.4, 0.5) is 11.4 Å². The first kappa shape index (κ1) is 17.5. The van der Waals surface area contributed by atoms with Gasteiger partial charge in [0.15, 0.2) is 0 Å². The minimum atomic E-state index is -0.297. The van der Waals surface area contributed by atoms with Crippen molar-refractivity contribution in [2.45, 2.75) is 46.5 Å². The van der Waals surface area contributed by atoms with E-state index in [1.54, 1.807) is 0 Å². The summed E-state index contributed by atoms with van der Waals surface area (Å²) in [5.41, 5.74) is 3.69. The highest BCUT2D eigenvalue weighted by Crippen LogP contribution is 2.26. The van der Waals surface area contributed by atoms with Crippen LogP contribution in [0.2, 0.25) is 0 Å². The molecule has 0 radical (unpaired) electrons. The standard InChI is InChI=1S/C20H27N3O2/c1-13-9-11-23(12-10-13)18-7-5-17(6-8-18)21-20(24)14(2)19-15(3)22-25-16(19)4/h5-8,13-14H,9-12H2,1-4H3,(H,21,24)/t14-/m1/s1. The summed E-state index contributed by atoms with van der Waals surface area (Å²) in [5.74, 6) is 1.18. The Labute approximate surface area is 149 Å². The van der Waals surface area contributed by atoms with Crippen LogP contribution < -0.4 is 10.2 Å². The van der Waals surface area contributed by atoms with Gasteiger partial charge in [-0.2, -0.15) is 0 Å². The topological polar surface area (TPSA) is 58.4 Å². The second-order valence-electron chi connectivity index (χ2n) is 7.17. The Bertz CT molecular complexity index is 708. The lowest BCUT2D eigenvalue weighted by molar-refractivity contribution is -0.117. The van der Waals surface area contributed by atoms with Crippen molar-refractivity contribution in [1.29, 1.82) is 0 Å². The molecule has 0 spiro atoms. The highest BCUT2D eigenvalue weighted by molar-refractivity contribution is 5.96. The average Bonchev–Trinajstić information content (AvgIpc) is 2.94. The van der Waals surface area contributed by atoms with Gasteiger partial charge >= 0.3 is 0 Å². The summed E-state index contributed by atoms with van der Waals surface area (Å²) in [6.07, 6.45) is 2.49. The Morgan fingerprint density at radius 1 is 1.24 bits per heavy atom. The molecule has 25 heavy (non-hydrogen) atoms. The summed E-state index contributed by atoms with van der Waals surface area (Å²) in [7, 11) is 0. The van der Waals surface area contributed by atoms with Gasteiger partial charge in [-0.15, -0.1) is 0 Å². The van der Waals surface area contributed by atoms with E-state index in [2.05, 4.69) is 34.4 Å². The molecule has 5 heteroatoms. The van der Waals surface area contributed by atoms with Crippen LogP contribution in [0.3, 0.4) is 0 Å². The lowest BCUT2D eigenvalue weighted by Gasteiger charge is -2.32. The molecule has 0 bridgehead atoms. The Hall–Kier alpha value is -2.30. The van der Waals surface area contributed by atoms with Gasteiger partial charge in [0.25, 0.3) is 0 Å². The predicted octanol–water partition coefficient (Wildman–Crippen LogP) is 4.27. The second-order valence-corrected chi connectivity index (χ2v) is 7.17. The smallest absolute Gasteiger partial charge is 0.231 e. The van der Waals surface area contributed by atoms with E-state index in [0.29, 0.717) is 5.76 Å². The first-order valence-corrected chi connectivity index (χ1v) is 9.04. The van der Waals surface area contributed by atoms with Crippen LogP contribution in [0.25, 0.3) is 0 Å². The number of benzene rings is 1. The molecule has 1 aliphatic rings. The zero-order chi connectivity index (χ0) is 18.0. The zero-order valence-electron chi connectivity index (χ0n) is 15.5. The maximum atomic E-state index is 12.5. The first-order valence-electron chi connectivity index (χ1n) is 9.04. The number of nitrogens with zero attached hydrogens (tertiary/aromatic N) is 2. The minimum Gasteiger partial charge on any atom is -0.372 e. The summed E-state index contributed by atoms with van der Waals surface area (Å²) in [5, 5.41) is 6.93. The van der Waals surface area contributed by atoms with Gasteiger partial charge in [0.1, 0.15) is 5.76 Å². The van der Waals surface area contributed by atoms with E-state index < -0.39 is 0 Å². The van der Waals surface area contributed by atoms with E-state index in [9.17, 15) is 4.79 Å². The molecule has 2 aromatic rings. The summed E-state index contributed by atoms with van der Waals surface area (Å²) in [4.78, 5) is 15.0. The number of aryl methyl sites for hydroxylation is 2. The van der Waals surface area contributed by atoms with E-state index >= 15 is 0 Å². The Kier molecular flexibility index (Phi) is 5.11. The monoisotopic (exact) mass is 341 g/mol. The van der Waals surface area contributed by atoms with E-state index in [-0.39, 0.29) is 11.8 Å². The van der Waals surface area contributed by atoms with E-state index in [4.69, 9.17) is 4.52 Å². The number of amides is 1. The predicted molar refractivity (Wildman–Crippen MR) is 100 cm³/mol. The fourth-order valence-electron chi connectivity index (χ4n) is 3.51. The van der Waals surface area contributed by atoms with Gasteiger partial charge in [-0.05, 0) is 63.8 Å². The highest BCUT2D eigenvalue weighted by Gasteiger charge is 2.23. The van der Waals surface area contributed by atoms with Crippen molar-refractivity contribution in [1.82, 2.24) is 5.16 Å². The second kappa shape index (κ2) is 7.30. The van der Waals surface area contributed by atoms with Crippen molar-refractivity contribution in [3.63, 3.8) is 0 Å². The Morgan fingerprint density at radius 2 is 1.88 bits per heavy atom. The molecular formula is C20H27N3O2. The SMILES string of the molecule is Cc1noc(C)c1[C@@H](C)C(=O)Nc1ccc(N2CCC(C)CC2)cc1. The van der Waals surface area contributed by atoms with Crippen LogP contribution in [-0.2, 0) is 4.79 Å². The van der Waals surface area contributed by atoms with Gasteiger partial charge in [-0.3, -0.25) is 4.79 Å². The number of aromatic nitrogens is 1. The molecule has 1 atom stereocenters. The largest absolute Gasteiger partial charge is 0.372 e. The van der Waals surface area contributed by atoms with E-state index in [1.807, 2.05) is 32.9 Å². The molecular weight excluding hydrogens is 314 g/mol. The molecule has 1 fully saturated rings. The fourth-order valence-corrected chi connectivity index (χ4v) is 3.51. The van der Waals surface area contributed by atoms with Gasteiger partial charge in [-0.25, -0.2) is 0 Å². The van der Waals surface area contributed by atoms with E-state index in [0.717, 1.165) is 36.0 Å².